The van der Waals surface area contributed by atoms with Crippen molar-refractivity contribution in [1.82, 2.24) is 9.47 Å². The molecule has 0 aliphatic carbocycles. The van der Waals surface area contributed by atoms with Crippen LogP contribution >= 0.6 is 0 Å². The Labute approximate surface area is 160 Å². The number of para-hydroxylation sites is 1. The number of anilines is 1. The number of benzene rings is 2. The molecule has 2 heterocycles. The summed E-state index contributed by atoms with van der Waals surface area (Å²) in [4.78, 5) is 15.1. The fourth-order valence-corrected chi connectivity index (χ4v) is 3.94. The summed E-state index contributed by atoms with van der Waals surface area (Å²) in [6, 6.07) is 22.8. The highest BCUT2D eigenvalue weighted by Gasteiger charge is 2.29. The molecule has 0 saturated heterocycles. The number of carbonyl (C=O) groups excluding carboxylic acids is 1. The molecule has 27 heavy (non-hydrogen) atoms. The van der Waals surface area contributed by atoms with Crippen molar-refractivity contribution in [3.05, 3.63) is 89.7 Å². The van der Waals surface area contributed by atoms with Gasteiger partial charge in [-0.25, -0.2) is 0 Å². The Kier molecular flexibility index (Phi) is 5.07. The summed E-state index contributed by atoms with van der Waals surface area (Å²) >= 11 is 0. The van der Waals surface area contributed by atoms with Gasteiger partial charge in [0.05, 0.1) is 12.6 Å². The maximum absolute atomic E-state index is 12.8. The third-order valence-electron chi connectivity index (χ3n) is 5.27. The van der Waals surface area contributed by atoms with E-state index in [1.165, 1.54) is 11.3 Å². The Hall–Kier alpha value is -2.85. The Morgan fingerprint density at radius 1 is 1.00 bits per heavy atom. The maximum atomic E-state index is 12.8. The van der Waals surface area contributed by atoms with Gasteiger partial charge in [0.25, 0.3) is 0 Å². The van der Waals surface area contributed by atoms with E-state index in [1.807, 2.05) is 24.3 Å². The number of fused-ring (bicyclic) bond motifs is 1. The monoisotopic (exact) mass is 359 g/mol. The predicted octanol–water partition coefficient (Wildman–Crippen LogP) is 4.09. The molecule has 1 aliphatic heterocycles. The van der Waals surface area contributed by atoms with Gasteiger partial charge in [0.15, 0.2) is 0 Å². The van der Waals surface area contributed by atoms with Crippen LogP contribution in [0.1, 0.15) is 29.8 Å². The summed E-state index contributed by atoms with van der Waals surface area (Å²) in [6.45, 7) is 4.24. The average Bonchev–Trinajstić information content (AvgIpc) is 3.17. The van der Waals surface area contributed by atoms with Crippen molar-refractivity contribution >= 4 is 11.6 Å². The summed E-state index contributed by atoms with van der Waals surface area (Å²) in [5.41, 5.74) is 4.55. The quantitative estimate of drug-likeness (QED) is 0.745. The molecule has 4 nitrogen and oxygen atoms in total. The minimum Gasteiger partial charge on any atom is -0.348 e. The molecule has 1 unspecified atom stereocenters. The summed E-state index contributed by atoms with van der Waals surface area (Å²) in [6.07, 6.45) is 3.03. The van der Waals surface area contributed by atoms with Crippen LogP contribution in [0.5, 0.6) is 0 Å². The molecule has 3 aromatic rings. The topological polar surface area (TPSA) is 37.3 Å². The highest BCUT2D eigenvalue weighted by atomic mass is 16.2. The van der Waals surface area contributed by atoms with Crippen molar-refractivity contribution in [3.8, 4) is 0 Å². The lowest BCUT2D eigenvalue weighted by atomic mass is 10.00. The van der Waals surface area contributed by atoms with E-state index in [0.29, 0.717) is 6.54 Å². The van der Waals surface area contributed by atoms with Crippen LogP contribution < -0.4 is 5.32 Å². The molecule has 1 amide bonds. The third kappa shape index (κ3) is 3.67. The first-order valence-corrected chi connectivity index (χ1v) is 9.58. The summed E-state index contributed by atoms with van der Waals surface area (Å²) in [7, 11) is 0. The third-order valence-corrected chi connectivity index (χ3v) is 5.27. The first-order chi connectivity index (χ1) is 13.3. The molecule has 0 radical (unpaired) electrons. The lowest BCUT2D eigenvalue weighted by Gasteiger charge is -2.36. The van der Waals surface area contributed by atoms with Gasteiger partial charge < -0.3 is 9.88 Å². The van der Waals surface area contributed by atoms with Crippen LogP contribution in [0, 0.1) is 0 Å². The number of hydrogen-bond donors (Lipinski definition) is 1. The highest BCUT2D eigenvalue weighted by molar-refractivity contribution is 5.93. The second kappa shape index (κ2) is 7.80. The zero-order chi connectivity index (χ0) is 18.6. The van der Waals surface area contributed by atoms with Crippen molar-refractivity contribution in [2.45, 2.75) is 25.9 Å². The fourth-order valence-electron chi connectivity index (χ4n) is 3.94. The number of rotatable bonds is 5. The minimum absolute atomic E-state index is 0.0387. The number of aryl methyl sites for hydroxylation is 1. The summed E-state index contributed by atoms with van der Waals surface area (Å²) < 4.78 is 2.29. The number of nitrogens with zero attached hydrogens (tertiary/aromatic N) is 2. The standard InChI is InChI=1S/C23H25N3O/c1-2-18-9-6-7-12-20(18)24-22(27)17-26-16-15-25-14-8-13-21(25)23(26)19-10-4-3-5-11-19/h3-14,23H,2,15-17H2,1H3,(H,24,27). The number of hydrogen-bond acceptors (Lipinski definition) is 2. The van der Waals surface area contributed by atoms with Gasteiger partial charge in [-0.15, -0.1) is 0 Å². The molecule has 1 aromatic heterocycles. The second-order valence-electron chi connectivity index (χ2n) is 6.97. The zero-order valence-corrected chi connectivity index (χ0v) is 15.6. The van der Waals surface area contributed by atoms with Gasteiger partial charge >= 0.3 is 0 Å². The molecule has 0 saturated carbocycles. The molecular weight excluding hydrogens is 334 g/mol. The van der Waals surface area contributed by atoms with Crippen molar-refractivity contribution in [1.29, 1.82) is 0 Å². The van der Waals surface area contributed by atoms with Gasteiger partial charge in [-0.1, -0.05) is 55.5 Å². The fraction of sp³-hybridized carbons (Fsp3) is 0.261. The number of aromatic nitrogens is 1. The van der Waals surface area contributed by atoms with Crippen LogP contribution in [-0.2, 0) is 17.8 Å². The van der Waals surface area contributed by atoms with E-state index < -0.39 is 0 Å². The molecule has 1 atom stereocenters. The predicted molar refractivity (Wildman–Crippen MR) is 109 cm³/mol. The molecule has 0 bridgehead atoms. The van der Waals surface area contributed by atoms with E-state index in [9.17, 15) is 4.79 Å². The van der Waals surface area contributed by atoms with Crippen LogP contribution in [0.15, 0.2) is 72.9 Å². The number of amides is 1. The first kappa shape index (κ1) is 17.6. The molecule has 4 rings (SSSR count). The minimum atomic E-state index is 0.0387. The molecule has 0 fully saturated rings. The normalized spacial score (nSPS) is 16.7. The van der Waals surface area contributed by atoms with Gasteiger partial charge in [0.2, 0.25) is 5.91 Å². The Balaban J connectivity index is 1.56. The van der Waals surface area contributed by atoms with E-state index in [2.05, 4.69) is 70.4 Å². The number of carbonyl (C=O) groups is 1. The average molecular weight is 359 g/mol. The van der Waals surface area contributed by atoms with E-state index in [0.717, 1.165) is 30.8 Å². The molecule has 0 spiro atoms. The zero-order valence-electron chi connectivity index (χ0n) is 15.6. The summed E-state index contributed by atoms with van der Waals surface area (Å²) in [5, 5.41) is 3.11. The van der Waals surface area contributed by atoms with Crippen LogP contribution in [0.2, 0.25) is 0 Å². The van der Waals surface area contributed by atoms with Gasteiger partial charge in [-0.2, -0.15) is 0 Å². The Morgan fingerprint density at radius 3 is 2.59 bits per heavy atom. The Morgan fingerprint density at radius 2 is 1.78 bits per heavy atom. The van der Waals surface area contributed by atoms with E-state index >= 15 is 0 Å². The van der Waals surface area contributed by atoms with Crippen molar-refractivity contribution < 1.29 is 4.79 Å². The van der Waals surface area contributed by atoms with E-state index in [1.54, 1.807) is 0 Å². The van der Waals surface area contributed by atoms with Crippen LogP contribution in [0.3, 0.4) is 0 Å². The van der Waals surface area contributed by atoms with E-state index in [-0.39, 0.29) is 11.9 Å². The smallest absolute Gasteiger partial charge is 0.238 e. The Bertz CT molecular complexity index is 916. The molecule has 4 heteroatoms. The van der Waals surface area contributed by atoms with Crippen molar-refractivity contribution in [2.75, 3.05) is 18.4 Å². The molecule has 138 valence electrons. The van der Waals surface area contributed by atoms with Gasteiger partial charge in [-0.05, 0) is 35.7 Å². The second-order valence-corrected chi connectivity index (χ2v) is 6.97. The molecular formula is C23H25N3O. The van der Waals surface area contributed by atoms with Crippen LogP contribution in [-0.4, -0.2) is 28.5 Å². The van der Waals surface area contributed by atoms with Crippen molar-refractivity contribution in [2.24, 2.45) is 0 Å². The van der Waals surface area contributed by atoms with Gasteiger partial charge in [0.1, 0.15) is 0 Å². The maximum Gasteiger partial charge on any atom is 0.238 e. The van der Waals surface area contributed by atoms with E-state index in [4.69, 9.17) is 0 Å². The lowest BCUT2D eigenvalue weighted by molar-refractivity contribution is -0.117. The molecule has 2 aromatic carbocycles. The van der Waals surface area contributed by atoms with Gasteiger partial charge in [-0.3, -0.25) is 9.69 Å². The largest absolute Gasteiger partial charge is 0.348 e. The molecule has 1 aliphatic rings. The van der Waals surface area contributed by atoms with Crippen molar-refractivity contribution in [3.63, 3.8) is 0 Å². The lowest BCUT2D eigenvalue weighted by Crippen LogP contribution is -2.42. The first-order valence-electron chi connectivity index (χ1n) is 9.58. The highest BCUT2D eigenvalue weighted by Crippen LogP contribution is 2.32. The van der Waals surface area contributed by atoms with Crippen LogP contribution in [0.4, 0.5) is 5.69 Å². The summed E-state index contributed by atoms with van der Waals surface area (Å²) in [5.74, 6) is 0.0387. The molecule has 1 N–H and O–H groups in total. The van der Waals surface area contributed by atoms with Crippen LogP contribution in [0.25, 0.3) is 0 Å². The van der Waals surface area contributed by atoms with Gasteiger partial charge in [0, 0.05) is 30.7 Å². The number of nitrogens with one attached hydrogen (secondary N) is 1. The SMILES string of the molecule is CCc1ccccc1NC(=O)CN1CCn2cccc2C1c1ccccc1.